The fourth-order valence-corrected chi connectivity index (χ4v) is 1.34. The van der Waals surface area contributed by atoms with Gasteiger partial charge in [0.1, 0.15) is 5.82 Å². The molecule has 2 aromatic heterocycles. The molecule has 18 heavy (non-hydrogen) atoms. The molecule has 4 N–H and O–H groups in total. The lowest BCUT2D eigenvalue weighted by Gasteiger charge is -2.07. The number of aromatic nitrogens is 4. The molecule has 0 aromatic carbocycles. The smallest absolute Gasteiger partial charge is 0.239 e. The van der Waals surface area contributed by atoms with E-state index >= 15 is 0 Å². The van der Waals surface area contributed by atoms with Crippen molar-refractivity contribution in [3.63, 3.8) is 0 Å². The van der Waals surface area contributed by atoms with Gasteiger partial charge in [0, 0.05) is 6.20 Å². The predicted molar refractivity (Wildman–Crippen MR) is 63.9 cm³/mol. The molecule has 0 radical (unpaired) electrons. The average Bonchev–Trinajstić information content (AvgIpc) is 2.38. The highest BCUT2D eigenvalue weighted by Gasteiger charge is 2.06. The summed E-state index contributed by atoms with van der Waals surface area (Å²) in [5.74, 6) is 5.45. The highest BCUT2D eigenvalue weighted by molar-refractivity contribution is 5.40. The summed E-state index contributed by atoms with van der Waals surface area (Å²) in [6, 6.07) is 1.74. The zero-order chi connectivity index (χ0) is 13.0. The third kappa shape index (κ3) is 2.86. The Balaban J connectivity index is 2.10. The fourth-order valence-electron chi connectivity index (χ4n) is 1.34. The first-order valence-corrected chi connectivity index (χ1v) is 5.20. The van der Waals surface area contributed by atoms with Crippen LogP contribution in [0.5, 0.6) is 0 Å². The third-order valence-electron chi connectivity index (χ3n) is 2.14. The molecule has 0 fully saturated rings. The van der Waals surface area contributed by atoms with Gasteiger partial charge in [-0.3, -0.25) is 5.43 Å². The van der Waals surface area contributed by atoms with Crippen molar-refractivity contribution in [2.75, 3.05) is 10.7 Å². The van der Waals surface area contributed by atoms with Gasteiger partial charge in [-0.25, -0.2) is 25.2 Å². The Morgan fingerprint density at radius 3 is 2.89 bits per heavy atom. The van der Waals surface area contributed by atoms with Crippen molar-refractivity contribution in [1.29, 1.82) is 0 Å². The average molecular weight is 249 g/mol. The summed E-state index contributed by atoms with van der Waals surface area (Å²) >= 11 is 0. The van der Waals surface area contributed by atoms with E-state index in [1.165, 1.54) is 0 Å². The Labute approximate surface area is 103 Å². The van der Waals surface area contributed by atoms with Crippen molar-refractivity contribution in [3.05, 3.63) is 35.8 Å². The van der Waals surface area contributed by atoms with Gasteiger partial charge in [0.15, 0.2) is 11.6 Å². The minimum atomic E-state index is -0.556. The molecule has 8 heteroatoms. The number of hydrazine groups is 1. The van der Waals surface area contributed by atoms with E-state index < -0.39 is 5.82 Å². The first kappa shape index (κ1) is 12.1. The molecular formula is C10H12FN7. The number of nitrogens with one attached hydrogen (secondary N) is 2. The van der Waals surface area contributed by atoms with Crippen LogP contribution in [-0.4, -0.2) is 19.9 Å². The lowest BCUT2D eigenvalue weighted by Crippen LogP contribution is -2.13. The zero-order valence-corrected chi connectivity index (χ0v) is 9.68. The maximum Gasteiger partial charge on any atom is 0.239 e. The molecule has 0 amide bonds. The number of nitrogen functional groups attached to an aromatic ring is 1. The minimum absolute atomic E-state index is 0.0641. The van der Waals surface area contributed by atoms with E-state index in [1.807, 2.05) is 0 Å². The first-order valence-electron chi connectivity index (χ1n) is 5.20. The summed E-state index contributed by atoms with van der Waals surface area (Å²) in [7, 11) is 0. The summed E-state index contributed by atoms with van der Waals surface area (Å²) < 4.78 is 13.4. The van der Waals surface area contributed by atoms with Gasteiger partial charge >= 0.3 is 0 Å². The molecule has 2 heterocycles. The van der Waals surface area contributed by atoms with Crippen LogP contribution in [0.15, 0.2) is 18.5 Å². The van der Waals surface area contributed by atoms with E-state index in [0.29, 0.717) is 12.4 Å². The zero-order valence-electron chi connectivity index (χ0n) is 9.68. The van der Waals surface area contributed by atoms with Gasteiger partial charge in [-0.1, -0.05) is 0 Å². The van der Waals surface area contributed by atoms with Gasteiger partial charge in [0.25, 0.3) is 0 Å². The maximum absolute atomic E-state index is 13.4. The second kappa shape index (κ2) is 5.32. The molecule has 0 saturated heterocycles. The van der Waals surface area contributed by atoms with Crippen molar-refractivity contribution < 1.29 is 4.39 Å². The molecule has 2 aromatic rings. The van der Waals surface area contributed by atoms with Crippen LogP contribution in [-0.2, 0) is 6.54 Å². The summed E-state index contributed by atoms with van der Waals surface area (Å²) in [5, 5.41) is 2.82. The molecule has 0 atom stereocenters. The number of nitrogens with zero attached hydrogens (tertiary/aromatic N) is 4. The molecule has 0 unspecified atom stereocenters. The molecule has 0 bridgehead atoms. The predicted octanol–water partition coefficient (Wildman–Crippen LogP) is 0.612. The van der Waals surface area contributed by atoms with Crippen molar-refractivity contribution in [2.45, 2.75) is 13.5 Å². The monoisotopic (exact) mass is 249 g/mol. The van der Waals surface area contributed by atoms with Gasteiger partial charge in [0.05, 0.1) is 18.4 Å². The van der Waals surface area contributed by atoms with Crippen LogP contribution in [0, 0.1) is 12.7 Å². The number of halogens is 1. The van der Waals surface area contributed by atoms with Crippen molar-refractivity contribution in [1.82, 2.24) is 19.9 Å². The third-order valence-corrected chi connectivity index (χ3v) is 2.14. The Bertz CT molecular complexity index is 545. The summed E-state index contributed by atoms with van der Waals surface area (Å²) in [6.07, 6.45) is 2.68. The van der Waals surface area contributed by atoms with E-state index in [4.69, 9.17) is 5.84 Å². The number of nitrogens with two attached hydrogens (primary N) is 1. The molecule has 0 saturated carbocycles. The van der Waals surface area contributed by atoms with Crippen molar-refractivity contribution in [3.8, 4) is 0 Å². The van der Waals surface area contributed by atoms with Gasteiger partial charge in [-0.2, -0.15) is 4.98 Å². The molecular weight excluding hydrogens is 237 g/mol. The van der Waals surface area contributed by atoms with E-state index in [9.17, 15) is 4.39 Å². The number of hydrogen-bond donors (Lipinski definition) is 3. The molecule has 0 spiro atoms. The number of hydrogen-bond acceptors (Lipinski definition) is 7. The van der Waals surface area contributed by atoms with E-state index in [1.54, 1.807) is 19.2 Å². The quantitative estimate of drug-likeness (QED) is 0.539. The van der Waals surface area contributed by atoms with Crippen LogP contribution in [0.2, 0.25) is 0 Å². The van der Waals surface area contributed by atoms with Gasteiger partial charge < -0.3 is 5.32 Å². The van der Waals surface area contributed by atoms with Crippen LogP contribution >= 0.6 is 0 Å². The second-order valence-corrected chi connectivity index (χ2v) is 3.48. The van der Waals surface area contributed by atoms with Crippen molar-refractivity contribution >= 4 is 11.8 Å². The van der Waals surface area contributed by atoms with Crippen LogP contribution in [0.4, 0.5) is 16.2 Å². The molecule has 7 nitrogen and oxygen atoms in total. The normalized spacial score (nSPS) is 10.2. The van der Waals surface area contributed by atoms with E-state index in [-0.39, 0.29) is 11.8 Å². The lowest BCUT2D eigenvalue weighted by atomic mass is 10.4. The Morgan fingerprint density at radius 1 is 1.33 bits per heavy atom. The topological polar surface area (TPSA) is 102 Å². The molecule has 94 valence electrons. The maximum atomic E-state index is 13.4. The largest absolute Gasteiger partial charge is 0.362 e. The molecule has 0 aliphatic carbocycles. The summed E-state index contributed by atoms with van der Waals surface area (Å²) in [6.45, 7) is 2.12. The Kier molecular flexibility index (Phi) is 3.58. The van der Waals surface area contributed by atoms with E-state index in [2.05, 4.69) is 30.7 Å². The standard InChI is InChI=1S/C10H12FN7/c1-6-13-3-2-7(16-6)4-14-9-8(11)5-15-10(17-9)18-12/h2-3,5H,4,12H2,1H3,(H2,14,15,17,18). The van der Waals surface area contributed by atoms with Gasteiger partial charge in [-0.15, -0.1) is 0 Å². The lowest BCUT2D eigenvalue weighted by molar-refractivity contribution is 0.617. The second-order valence-electron chi connectivity index (χ2n) is 3.48. The molecule has 2 rings (SSSR count). The minimum Gasteiger partial charge on any atom is -0.362 e. The van der Waals surface area contributed by atoms with Crippen molar-refractivity contribution in [2.24, 2.45) is 5.84 Å². The highest BCUT2D eigenvalue weighted by atomic mass is 19.1. The summed E-state index contributed by atoms with van der Waals surface area (Å²) in [5.41, 5.74) is 2.99. The van der Waals surface area contributed by atoms with Crippen LogP contribution in [0.3, 0.4) is 0 Å². The first-order chi connectivity index (χ1) is 8.69. The Morgan fingerprint density at radius 2 is 2.17 bits per heavy atom. The van der Waals surface area contributed by atoms with Gasteiger partial charge in [0.2, 0.25) is 5.95 Å². The number of anilines is 2. The number of rotatable bonds is 4. The highest BCUT2D eigenvalue weighted by Crippen LogP contribution is 2.12. The molecule has 0 aliphatic rings. The van der Waals surface area contributed by atoms with Gasteiger partial charge in [-0.05, 0) is 13.0 Å². The van der Waals surface area contributed by atoms with Crippen LogP contribution in [0.25, 0.3) is 0 Å². The summed E-state index contributed by atoms with van der Waals surface area (Å²) in [4.78, 5) is 15.6. The van der Waals surface area contributed by atoms with Crippen LogP contribution in [0.1, 0.15) is 11.5 Å². The fraction of sp³-hybridized carbons (Fsp3) is 0.200. The van der Waals surface area contributed by atoms with Crippen LogP contribution < -0.4 is 16.6 Å². The number of aryl methyl sites for hydroxylation is 1. The van der Waals surface area contributed by atoms with E-state index in [0.717, 1.165) is 11.9 Å². The molecule has 0 aliphatic heterocycles. The Hall–Kier alpha value is -2.35. The SMILES string of the molecule is Cc1nccc(CNc2nc(NN)ncc2F)n1.